The third-order valence-electron chi connectivity index (χ3n) is 1.28. The molecule has 1 N–H and O–H groups in total. The van der Waals surface area contributed by atoms with Crippen molar-refractivity contribution in [2.24, 2.45) is 0 Å². The van der Waals surface area contributed by atoms with E-state index >= 15 is 0 Å². The van der Waals surface area contributed by atoms with Crippen molar-refractivity contribution < 1.29 is 0 Å². The van der Waals surface area contributed by atoms with Crippen LogP contribution in [-0.2, 0) is 0 Å². The quantitative estimate of drug-likeness (QED) is 0.724. The molecular formula is C11H16N2. The molecule has 0 unspecified atom stereocenters. The Morgan fingerprint density at radius 1 is 1.23 bits per heavy atom. The lowest BCUT2D eigenvalue weighted by Gasteiger charge is -1.73. The van der Waals surface area contributed by atoms with E-state index in [0.29, 0.717) is 0 Å². The van der Waals surface area contributed by atoms with Crippen molar-refractivity contribution in [1.29, 1.82) is 0 Å². The van der Waals surface area contributed by atoms with E-state index in [0.717, 1.165) is 10.6 Å². The fraction of sp³-hybridized carbons (Fsp3) is 0.182. The molecule has 0 saturated carbocycles. The number of H-pyrrole nitrogens is 1. The summed E-state index contributed by atoms with van der Waals surface area (Å²) in [6.45, 7) is 11.2. The van der Waals surface area contributed by atoms with E-state index in [2.05, 4.69) is 23.4 Å². The number of nitrogens with one attached hydrogen (secondary N) is 1. The van der Waals surface area contributed by atoms with Crippen molar-refractivity contribution in [1.82, 2.24) is 10.2 Å². The minimum absolute atomic E-state index is 0.958. The largest absolute Gasteiger partial charge is 0.278 e. The van der Waals surface area contributed by atoms with Crippen LogP contribution < -0.4 is 10.6 Å². The first-order valence-corrected chi connectivity index (χ1v) is 4.33. The molecule has 2 heteroatoms. The number of hydrogen-bond acceptors (Lipinski definition) is 1. The fourth-order valence-electron chi connectivity index (χ4n) is 0.817. The van der Waals surface area contributed by atoms with Crippen LogP contribution in [-0.4, -0.2) is 10.2 Å². The number of allylic oxidation sites excluding steroid dienone is 2. The highest BCUT2D eigenvalue weighted by atomic mass is 15.1. The summed E-state index contributed by atoms with van der Waals surface area (Å²) >= 11 is 0. The van der Waals surface area contributed by atoms with Crippen LogP contribution in [0.1, 0.15) is 13.8 Å². The summed E-state index contributed by atoms with van der Waals surface area (Å²) < 4.78 is 0. The van der Waals surface area contributed by atoms with Gasteiger partial charge in [-0.1, -0.05) is 45.2 Å². The lowest BCUT2D eigenvalue weighted by Crippen LogP contribution is -2.21. The number of aromatic nitrogens is 2. The van der Waals surface area contributed by atoms with Crippen molar-refractivity contribution in [3.8, 4) is 0 Å². The van der Waals surface area contributed by atoms with Gasteiger partial charge in [-0.15, -0.1) is 0 Å². The lowest BCUT2D eigenvalue weighted by atomic mass is 10.3. The zero-order chi connectivity index (χ0) is 10.1. The van der Waals surface area contributed by atoms with Crippen LogP contribution in [0.15, 0.2) is 31.5 Å². The molecule has 0 aliphatic rings. The van der Waals surface area contributed by atoms with E-state index in [1.165, 1.54) is 0 Å². The Balaban J connectivity index is 0.000000671. The highest BCUT2D eigenvalue weighted by Gasteiger charge is 1.81. The number of nitrogens with zero attached hydrogens (tertiary/aromatic N) is 1. The Bertz CT molecular complexity index is 323. The van der Waals surface area contributed by atoms with Gasteiger partial charge in [0, 0.05) is 5.22 Å². The van der Waals surface area contributed by atoms with Crippen molar-refractivity contribution in [3.05, 3.63) is 42.1 Å². The van der Waals surface area contributed by atoms with Gasteiger partial charge in [-0.05, 0) is 6.08 Å². The van der Waals surface area contributed by atoms with Crippen LogP contribution >= 0.6 is 0 Å². The molecule has 0 amide bonds. The Morgan fingerprint density at radius 3 is 2.38 bits per heavy atom. The molecule has 2 nitrogen and oxygen atoms in total. The minimum Gasteiger partial charge on any atom is -0.278 e. The van der Waals surface area contributed by atoms with Gasteiger partial charge in [0.1, 0.15) is 0 Å². The first kappa shape index (κ1) is 11.4. The van der Waals surface area contributed by atoms with E-state index in [1.807, 2.05) is 26.0 Å². The van der Waals surface area contributed by atoms with Gasteiger partial charge in [-0.2, -0.15) is 5.10 Å². The maximum absolute atomic E-state index is 3.88. The summed E-state index contributed by atoms with van der Waals surface area (Å²) in [6.07, 6.45) is 8.94. The Labute approximate surface area is 79.0 Å². The third-order valence-corrected chi connectivity index (χ3v) is 1.28. The van der Waals surface area contributed by atoms with Gasteiger partial charge in [0.2, 0.25) is 0 Å². The summed E-state index contributed by atoms with van der Waals surface area (Å²) in [5.41, 5.74) is 0. The van der Waals surface area contributed by atoms with Gasteiger partial charge in [0.05, 0.1) is 11.5 Å². The fourth-order valence-corrected chi connectivity index (χ4v) is 0.817. The lowest BCUT2D eigenvalue weighted by molar-refractivity contribution is 1.06. The Kier molecular flexibility index (Phi) is 6.24. The molecule has 0 atom stereocenters. The molecule has 1 heterocycles. The minimum atomic E-state index is 0.958. The Hall–Kier alpha value is -1.57. The predicted octanol–water partition coefficient (Wildman–Crippen LogP) is 1.37. The highest BCUT2D eigenvalue weighted by molar-refractivity contribution is 5.39. The second-order valence-corrected chi connectivity index (χ2v) is 2.04. The average molecular weight is 176 g/mol. The molecule has 0 aliphatic heterocycles. The van der Waals surface area contributed by atoms with Gasteiger partial charge in [0.25, 0.3) is 0 Å². The van der Waals surface area contributed by atoms with E-state index in [4.69, 9.17) is 0 Å². The van der Waals surface area contributed by atoms with Crippen molar-refractivity contribution in [2.45, 2.75) is 13.8 Å². The highest BCUT2D eigenvalue weighted by Crippen LogP contribution is 1.65. The van der Waals surface area contributed by atoms with E-state index in [9.17, 15) is 0 Å². The molecular weight excluding hydrogens is 160 g/mol. The zero-order valence-corrected chi connectivity index (χ0v) is 8.25. The van der Waals surface area contributed by atoms with Crippen LogP contribution in [0.3, 0.4) is 0 Å². The van der Waals surface area contributed by atoms with Crippen LogP contribution in [0, 0.1) is 0 Å². The molecule has 1 rings (SSSR count). The van der Waals surface area contributed by atoms with Gasteiger partial charge in [0.15, 0.2) is 0 Å². The van der Waals surface area contributed by atoms with Gasteiger partial charge in [-0.3, -0.25) is 5.10 Å². The summed E-state index contributed by atoms with van der Waals surface area (Å²) in [7, 11) is 0. The standard InChI is InChI=1S/C9H10N2.C2H6/c1-3-5-8-7-10-11-9(8)6-4-2;1-2/h3-7,11H,1-2H2;1-2H3/b8-5-,9-6+;. The molecule has 0 aliphatic carbocycles. The Morgan fingerprint density at radius 2 is 1.85 bits per heavy atom. The van der Waals surface area contributed by atoms with Crippen LogP contribution in [0.2, 0.25) is 0 Å². The summed E-state index contributed by atoms with van der Waals surface area (Å²) in [5.74, 6) is 0. The van der Waals surface area contributed by atoms with Crippen molar-refractivity contribution in [2.75, 3.05) is 0 Å². The number of rotatable bonds is 2. The van der Waals surface area contributed by atoms with Gasteiger partial charge in [-0.25, -0.2) is 0 Å². The molecule has 1 aromatic heterocycles. The number of aromatic amines is 1. The van der Waals surface area contributed by atoms with Gasteiger partial charge < -0.3 is 0 Å². The zero-order valence-electron chi connectivity index (χ0n) is 8.25. The smallest absolute Gasteiger partial charge is 0.0650 e. The SMILES string of the molecule is C=C/C=c1/cn[nH]/c1=C/C=C.CC. The van der Waals surface area contributed by atoms with Crippen molar-refractivity contribution in [3.63, 3.8) is 0 Å². The van der Waals surface area contributed by atoms with Crippen LogP contribution in [0.4, 0.5) is 0 Å². The molecule has 1 aromatic rings. The summed E-state index contributed by atoms with van der Waals surface area (Å²) in [6, 6.07) is 0. The molecule has 13 heavy (non-hydrogen) atoms. The normalized spacial score (nSPS) is 11.8. The summed E-state index contributed by atoms with van der Waals surface area (Å²) in [5, 5.41) is 8.70. The average Bonchev–Trinajstić information content (AvgIpc) is 2.58. The number of hydrogen-bond donors (Lipinski definition) is 1. The van der Waals surface area contributed by atoms with E-state index in [-0.39, 0.29) is 0 Å². The second kappa shape index (κ2) is 7.10. The molecule has 0 saturated heterocycles. The first-order valence-electron chi connectivity index (χ1n) is 4.33. The molecule has 0 bridgehead atoms. The van der Waals surface area contributed by atoms with Crippen molar-refractivity contribution >= 4 is 12.2 Å². The topological polar surface area (TPSA) is 28.7 Å². The molecule has 0 fully saturated rings. The maximum atomic E-state index is 3.88. The van der Waals surface area contributed by atoms with E-state index < -0.39 is 0 Å². The molecule has 0 spiro atoms. The molecule has 0 radical (unpaired) electrons. The van der Waals surface area contributed by atoms with Gasteiger partial charge >= 0.3 is 0 Å². The van der Waals surface area contributed by atoms with Crippen LogP contribution in [0.25, 0.3) is 12.2 Å². The molecule has 70 valence electrons. The summed E-state index contributed by atoms with van der Waals surface area (Å²) in [4.78, 5) is 0. The predicted molar refractivity (Wildman–Crippen MR) is 58.5 cm³/mol. The van der Waals surface area contributed by atoms with Crippen LogP contribution in [0.5, 0.6) is 0 Å². The first-order chi connectivity index (χ1) is 6.38. The second-order valence-electron chi connectivity index (χ2n) is 2.04. The molecule has 0 aromatic carbocycles. The maximum Gasteiger partial charge on any atom is 0.0650 e. The monoisotopic (exact) mass is 176 g/mol. The van der Waals surface area contributed by atoms with E-state index in [1.54, 1.807) is 18.3 Å². The third kappa shape index (κ3) is 3.56.